The summed E-state index contributed by atoms with van der Waals surface area (Å²) in [6.07, 6.45) is 4.34. The predicted molar refractivity (Wildman–Crippen MR) is 78.1 cm³/mol. The highest BCUT2D eigenvalue weighted by Crippen LogP contribution is 2.19. The SMILES string of the molecule is CC1CN(C(=O)CCC2CCCNC2)CC(C)N1C. The summed E-state index contributed by atoms with van der Waals surface area (Å²) >= 11 is 0. The van der Waals surface area contributed by atoms with Crippen molar-refractivity contribution in [1.29, 1.82) is 0 Å². The van der Waals surface area contributed by atoms with Crippen LogP contribution in [0.3, 0.4) is 0 Å². The third-order valence-corrected chi connectivity index (χ3v) is 4.88. The Bertz CT molecular complexity index is 290. The van der Waals surface area contributed by atoms with Crippen molar-refractivity contribution < 1.29 is 4.79 Å². The highest BCUT2D eigenvalue weighted by atomic mass is 16.2. The average Bonchev–Trinajstić information content (AvgIpc) is 2.42. The van der Waals surface area contributed by atoms with Crippen LogP contribution in [0.5, 0.6) is 0 Å². The van der Waals surface area contributed by atoms with Crippen molar-refractivity contribution in [3.05, 3.63) is 0 Å². The molecule has 0 aliphatic carbocycles. The van der Waals surface area contributed by atoms with Gasteiger partial charge in [0.25, 0.3) is 0 Å². The maximum absolute atomic E-state index is 12.3. The summed E-state index contributed by atoms with van der Waals surface area (Å²) in [5, 5.41) is 3.43. The first kappa shape index (κ1) is 14.8. The lowest BCUT2D eigenvalue weighted by Crippen LogP contribution is -2.56. The maximum atomic E-state index is 12.3. The molecule has 2 saturated heterocycles. The van der Waals surface area contributed by atoms with Crippen molar-refractivity contribution >= 4 is 5.91 Å². The van der Waals surface area contributed by atoms with Gasteiger partial charge in [-0.05, 0) is 59.2 Å². The van der Waals surface area contributed by atoms with E-state index < -0.39 is 0 Å². The molecule has 0 bridgehead atoms. The topological polar surface area (TPSA) is 35.6 Å². The number of amides is 1. The molecule has 2 rings (SSSR count). The minimum Gasteiger partial charge on any atom is -0.340 e. The molecule has 4 heteroatoms. The second-order valence-electron chi connectivity index (χ2n) is 6.41. The number of hydrogen-bond acceptors (Lipinski definition) is 3. The first-order valence-corrected chi connectivity index (χ1v) is 7.78. The Hall–Kier alpha value is -0.610. The second kappa shape index (κ2) is 6.71. The minimum atomic E-state index is 0.359. The molecule has 0 aromatic carbocycles. The zero-order valence-electron chi connectivity index (χ0n) is 12.7. The van der Waals surface area contributed by atoms with E-state index in [0.717, 1.165) is 39.0 Å². The molecule has 0 spiro atoms. The normalized spacial score (nSPS) is 33.4. The van der Waals surface area contributed by atoms with Crippen LogP contribution in [0.2, 0.25) is 0 Å². The average molecular weight is 267 g/mol. The van der Waals surface area contributed by atoms with E-state index in [0.29, 0.717) is 23.9 Å². The molecule has 2 fully saturated rings. The van der Waals surface area contributed by atoms with Crippen molar-refractivity contribution in [2.75, 3.05) is 33.2 Å². The van der Waals surface area contributed by atoms with E-state index in [1.54, 1.807) is 0 Å². The molecule has 2 aliphatic heterocycles. The monoisotopic (exact) mass is 267 g/mol. The molecular weight excluding hydrogens is 238 g/mol. The Morgan fingerprint density at radius 3 is 2.53 bits per heavy atom. The molecule has 0 aromatic heterocycles. The molecular formula is C15H29N3O. The van der Waals surface area contributed by atoms with Crippen molar-refractivity contribution in [1.82, 2.24) is 15.1 Å². The molecule has 0 aromatic rings. The minimum absolute atomic E-state index is 0.359. The van der Waals surface area contributed by atoms with Crippen LogP contribution in [-0.2, 0) is 4.79 Å². The van der Waals surface area contributed by atoms with Crippen LogP contribution in [-0.4, -0.2) is 61.0 Å². The number of likely N-dealkylation sites (N-methyl/N-ethyl adjacent to an activating group) is 1. The lowest BCUT2D eigenvalue weighted by molar-refractivity contribution is -0.135. The van der Waals surface area contributed by atoms with Gasteiger partial charge in [0.1, 0.15) is 0 Å². The number of carbonyl (C=O) groups is 1. The number of hydrogen-bond donors (Lipinski definition) is 1. The highest BCUT2D eigenvalue weighted by molar-refractivity contribution is 5.76. The summed E-state index contributed by atoms with van der Waals surface area (Å²) in [6, 6.07) is 0.952. The first-order valence-electron chi connectivity index (χ1n) is 7.78. The quantitative estimate of drug-likeness (QED) is 0.837. The highest BCUT2D eigenvalue weighted by Gasteiger charge is 2.29. The van der Waals surface area contributed by atoms with E-state index in [1.807, 2.05) is 0 Å². The van der Waals surface area contributed by atoms with Gasteiger partial charge in [0.15, 0.2) is 0 Å². The van der Waals surface area contributed by atoms with Gasteiger partial charge < -0.3 is 10.2 Å². The Morgan fingerprint density at radius 2 is 1.95 bits per heavy atom. The smallest absolute Gasteiger partial charge is 0.222 e. The van der Waals surface area contributed by atoms with Crippen LogP contribution in [0.25, 0.3) is 0 Å². The van der Waals surface area contributed by atoms with Crippen LogP contribution >= 0.6 is 0 Å². The van der Waals surface area contributed by atoms with Crippen molar-refractivity contribution in [2.24, 2.45) is 5.92 Å². The van der Waals surface area contributed by atoms with E-state index in [9.17, 15) is 4.79 Å². The van der Waals surface area contributed by atoms with Crippen LogP contribution < -0.4 is 5.32 Å². The van der Waals surface area contributed by atoms with Gasteiger partial charge in [-0.25, -0.2) is 0 Å². The Balaban J connectivity index is 1.76. The summed E-state index contributed by atoms with van der Waals surface area (Å²) in [5.41, 5.74) is 0. The third kappa shape index (κ3) is 3.93. The summed E-state index contributed by atoms with van der Waals surface area (Å²) in [6.45, 7) is 8.45. The van der Waals surface area contributed by atoms with Gasteiger partial charge in [0.2, 0.25) is 5.91 Å². The van der Waals surface area contributed by atoms with Gasteiger partial charge in [-0.3, -0.25) is 9.69 Å². The summed E-state index contributed by atoms with van der Waals surface area (Å²) in [4.78, 5) is 16.8. The van der Waals surface area contributed by atoms with Gasteiger partial charge in [0.05, 0.1) is 0 Å². The molecule has 2 heterocycles. The lowest BCUT2D eigenvalue weighted by atomic mass is 9.94. The molecule has 3 unspecified atom stereocenters. The molecule has 0 saturated carbocycles. The molecule has 2 aliphatic rings. The van der Waals surface area contributed by atoms with Gasteiger partial charge >= 0.3 is 0 Å². The number of nitrogens with zero attached hydrogens (tertiary/aromatic N) is 2. The molecule has 1 amide bonds. The van der Waals surface area contributed by atoms with Crippen LogP contribution in [0.1, 0.15) is 39.5 Å². The largest absolute Gasteiger partial charge is 0.340 e. The third-order valence-electron chi connectivity index (χ3n) is 4.88. The van der Waals surface area contributed by atoms with E-state index >= 15 is 0 Å². The molecule has 19 heavy (non-hydrogen) atoms. The second-order valence-corrected chi connectivity index (χ2v) is 6.41. The number of nitrogens with one attached hydrogen (secondary N) is 1. The zero-order chi connectivity index (χ0) is 13.8. The lowest BCUT2D eigenvalue weighted by Gasteiger charge is -2.42. The van der Waals surface area contributed by atoms with E-state index in [1.165, 1.54) is 12.8 Å². The fraction of sp³-hybridized carbons (Fsp3) is 0.933. The molecule has 4 nitrogen and oxygen atoms in total. The van der Waals surface area contributed by atoms with Gasteiger partial charge in [-0.2, -0.15) is 0 Å². The van der Waals surface area contributed by atoms with E-state index in [-0.39, 0.29) is 0 Å². The van der Waals surface area contributed by atoms with Crippen LogP contribution in [0.15, 0.2) is 0 Å². The Kier molecular flexibility index (Phi) is 5.22. The van der Waals surface area contributed by atoms with Gasteiger partial charge in [0, 0.05) is 31.6 Å². The zero-order valence-corrected chi connectivity index (χ0v) is 12.7. The molecule has 110 valence electrons. The van der Waals surface area contributed by atoms with E-state index in [2.05, 4.69) is 36.0 Å². The Labute approximate surface area is 117 Å². The fourth-order valence-corrected chi connectivity index (χ4v) is 3.26. The predicted octanol–water partition coefficient (Wildman–Crippen LogP) is 1.32. The maximum Gasteiger partial charge on any atom is 0.222 e. The Morgan fingerprint density at radius 1 is 1.26 bits per heavy atom. The summed E-state index contributed by atoms with van der Waals surface area (Å²) in [7, 11) is 2.16. The number of carbonyl (C=O) groups excluding carboxylic acids is 1. The first-order chi connectivity index (χ1) is 9.08. The van der Waals surface area contributed by atoms with Gasteiger partial charge in [-0.15, -0.1) is 0 Å². The number of rotatable bonds is 3. The molecule has 3 atom stereocenters. The van der Waals surface area contributed by atoms with Crippen LogP contribution in [0, 0.1) is 5.92 Å². The number of piperazine rings is 1. The van der Waals surface area contributed by atoms with Crippen LogP contribution in [0.4, 0.5) is 0 Å². The van der Waals surface area contributed by atoms with Crippen molar-refractivity contribution in [2.45, 2.75) is 51.6 Å². The fourth-order valence-electron chi connectivity index (χ4n) is 3.26. The van der Waals surface area contributed by atoms with Crippen molar-refractivity contribution in [3.63, 3.8) is 0 Å². The van der Waals surface area contributed by atoms with E-state index in [4.69, 9.17) is 0 Å². The molecule has 1 N–H and O–H groups in total. The molecule has 0 radical (unpaired) electrons. The van der Waals surface area contributed by atoms with Gasteiger partial charge in [-0.1, -0.05) is 0 Å². The summed E-state index contributed by atoms with van der Waals surface area (Å²) < 4.78 is 0. The standard InChI is InChI=1S/C15H29N3O/c1-12-10-18(11-13(2)17(12)3)15(19)7-6-14-5-4-8-16-9-14/h12-14,16H,4-11H2,1-3H3. The summed E-state index contributed by atoms with van der Waals surface area (Å²) in [5.74, 6) is 1.07. The van der Waals surface area contributed by atoms with Crippen molar-refractivity contribution in [3.8, 4) is 0 Å². The number of piperidine rings is 1.